The Bertz CT molecular complexity index is 51.2. The maximum Gasteiger partial charge on any atom is 0 e. The maximum atomic E-state index is 3.20. The zero-order valence-electron chi connectivity index (χ0n) is 6.91. The molecule has 1 heteroatoms. The van der Waals surface area contributed by atoms with Crippen molar-refractivity contribution in [2.24, 2.45) is 5.92 Å². The molecule has 0 aromatic carbocycles. The molecule has 1 N–H and O–H groups in total. The molecular formula is C8H21N. The average Bonchev–Trinajstić information content (AvgIpc) is 1.88. The fourth-order valence-electron chi connectivity index (χ4n) is 1.15. The molecule has 0 rings (SSSR count). The molecule has 0 aromatic heterocycles. The summed E-state index contributed by atoms with van der Waals surface area (Å²) in [6, 6.07) is 0. The molecule has 0 aliphatic rings. The van der Waals surface area contributed by atoms with Gasteiger partial charge >= 0.3 is 0 Å². The van der Waals surface area contributed by atoms with E-state index in [4.69, 9.17) is 0 Å². The first-order valence-electron chi connectivity index (χ1n) is 3.99. The van der Waals surface area contributed by atoms with Crippen LogP contribution in [-0.4, -0.2) is 13.6 Å². The first-order chi connectivity index (χ1) is 4.35. The van der Waals surface area contributed by atoms with Crippen molar-refractivity contribution in [3.8, 4) is 0 Å². The van der Waals surface area contributed by atoms with E-state index in [1.54, 1.807) is 0 Å². The van der Waals surface area contributed by atoms with Gasteiger partial charge in [0.05, 0.1) is 0 Å². The Balaban J connectivity index is 0. The van der Waals surface area contributed by atoms with Gasteiger partial charge in [-0.15, -0.1) is 0 Å². The van der Waals surface area contributed by atoms with Crippen molar-refractivity contribution in [2.45, 2.75) is 33.1 Å². The molecule has 0 saturated carbocycles. The quantitative estimate of drug-likeness (QED) is 0.603. The normalized spacial score (nSPS) is 13.7. The van der Waals surface area contributed by atoms with Crippen LogP contribution in [0.3, 0.4) is 0 Å². The highest BCUT2D eigenvalue weighted by Gasteiger charge is 2.01. The van der Waals surface area contributed by atoms with Crippen LogP contribution >= 0.6 is 0 Å². The summed E-state index contributed by atoms with van der Waals surface area (Å²) in [4.78, 5) is 0. The maximum absolute atomic E-state index is 3.20. The van der Waals surface area contributed by atoms with Crippen LogP contribution in [-0.2, 0) is 0 Å². The molecule has 58 valence electrons. The molecule has 0 aliphatic carbocycles. The monoisotopic (exact) mass is 131 g/mol. The summed E-state index contributed by atoms with van der Waals surface area (Å²) in [5.41, 5.74) is 0. The molecule has 1 unspecified atom stereocenters. The van der Waals surface area contributed by atoms with Gasteiger partial charge in [0.2, 0.25) is 0 Å². The first kappa shape index (κ1) is 8.96. The Morgan fingerprint density at radius 1 is 1.44 bits per heavy atom. The molecule has 0 radical (unpaired) electrons. The van der Waals surface area contributed by atoms with E-state index in [1.807, 2.05) is 7.05 Å². The lowest BCUT2D eigenvalue weighted by Gasteiger charge is -2.11. The molecule has 0 aliphatic heterocycles. The third-order valence-electron chi connectivity index (χ3n) is 1.77. The lowest BCUT2D eigenvalue weighted by Crippen LogP contribution is -2.17. The van der Waals surface area contributed by atoms with E-state index in [0.717, 1.165) is 5.92 Å². The van der Waals surface area contributed by atoms with Gasteiger partial charge in [-0.3, -0.25) is 0 Å². The highest BCUT2D eigenvalue weighted by Crippen LogP contribution is 2.08. The summed E-state index contributed by atoms with van der Waals surface area (Å²) in [5, 5.41) is 3.20. The molecular weight excluding hydrogens is 110 g/mol. The lowest BCUT2D eigenvalue weighted by atomic mass is 10.0. The first-order valence-corrected chi connectivity index (χ1v) is 3.99. The van der Waals surface area contributed by atoms with Crippen LogP contribution in [0.5, 0.6) is 0 Å². The fourth-order valence-corrected chi connectivity index (χ4v) is 1.15. The summed E-state index contributed by atoms with van der Waals surface area (Å²) < 4.78 is 0. The van der Waals surface area contributed by atoms with Gasteiger partial charge in [-0.25, -0.2) is 0 Å². The summed E-state index contributed by atoms with van der Waals surface area (Å²) in [5.74, 6) is 0.903. The third kappa shape index (κ3) is 4.46. The third-order valence-corrected chi connectivity index (χ3v) is 1.77. The van der Waals surface area contributed by atoms with Gasteiger partial charge in [0, 0.05) is 1.43 Å². The van der Waals surface area contributed by atoms with Crippen molar-refractivity contribution in [2.75, 3.05) is 13.6 Å². The fraction of sp³-hybridized carbons (Fsp3) is 1.00. The van der Waals surface area contributed by atoms with Crippen molar-refractivity contribution < 1.29 is 1.43 Å². The summed E-state index contributed by atoms with van der Waals surface area (Å²) in [6.45, 7) is 5.69. The van der Waals surface area contributed by atoms with Crippen molar-refractivity contribution in [3.05, 3.63) is 0 Å². The molecule has 0 amide bonds. The molecule has 1 atom stereocenters. The molecule has 0 fully saturated rings. The van der Waals surface area contributed by atoms with Crippen LogP contribution in [0, 0.1) is 5.92 Å². The highest BCUT2D eigenvalue weighted by molar-refractivity contribution is 4.57. The Morgan fingerprint density at radius 2 is 2.11 bits per heavy atom. The Hall–Kier alpha value is -0.0400. The van der Waals surface area contributed by atoms with Crippen molar-refractivity contribution in [1.82, 2.24) is 5.32 Å². The van der Waals surface area contributed by atoms with Crippen molar-refractivity contribution >= 4 is 0 Å². The van der Waals surface area contributed by atoms with E-state index in [1.165, 1.54) is 25.8 Å². The number of hydrogen-bond donors (Lipinski definition) is 1. The van der Waals surface area contributed by atoms with Gasteiger partial charge in [0.25, 0.3) is 0 Å². The van der Waals surface area contributed by atoms with E-state index in [-0.39, 0.29) is 1.43 Å². The molecule has 0 aromatic rings. The van der Waals surface area contributed by atoms with Crippen LogP contribution < -0.4 is 5.32 Å². The topological polar surface area (TPSA) is 12.0 Å². The number of nitrogens with one attached hydrogen (secondary N) is 1. The van der Waals surface area contributed by atoms with Crippen LogP contribution in [0.25, 0.3) is 0 Å². The predicted octanol–water partition coefficient (Wildman–Crippen LogP) is 2.28. The molecule has 0 bridgehead atoms. The zero-order valence-corrected chi connectivity index (χ0v) is 6.91. The van der Waals surface area contributed by atoms with Gasteiger partial charge in [0.15, 0.2) is 0 Å². The van der Waals surface area contributed by atoms with Gasteiger partial charge in [-0.2, -0.15) is 0 Å². The minimum Gasteiger partial charge on any atom is -0.319 e. The highest BCUT2D eigenvalue weighted by atomic mass is 14.8. The van der Waals surface area contributed by atoms with Crippen molar-refractivity contribution in [1.29, 1.82) is 0 Å². The van der Waals surface area contributed by atoms with E-state index in [2.05, 4.69) is 19.2 Å². The van der Waals surface area contributed by atoms with E-state index in [9.17, 15) is 0 Å². The van der Waals surface area contributed by atoms with Gasteiger partial charge < -0.3 is 5.32 Å². The summed E-state index contributed by atoms with van der Waals surface area (Å²) >= 11 is 0. The Labute approximate surface area is 60.3 Å². The predicted molar refractivity (Wildman–Crippen MR) is 44.7 cm³/mol. The minimum absolute atomic E-state index is 0. The molecule has 0 heterocycles. The second-order valence-electron chi connectivity index (χ2n) is 2.62. The molecule has 0 spiro atoms. The van der Waals surface area contributed by atoms with Crippen LogP contribution in [0.15, 0.2) is 0 Å². The van der Waals surface area contributed by atoms with Crippen LogP contribution in [0.4, 0.5) is 0 Å². The van der Waals surface area contributed by atoms with Crippen LogP contribution in [0.1, 0.15) is 34.5 Å². The minimum atomic E-state index is 0. The van der Waals surface area contributed by atoms with Crippen molar-refractivity contribution in [3.63, 3.8) is 0 Å². The van der Waals surface area contributed by atoms with E-state index >= 15 is 0 Å². The second-order valence-corrected chi connectivity index (χ2v) is 2.62. The number of hydrogen-bond acceptors (Lipinski definition) is 1. The Morgan fingerprint density at radius 3 is 2.44 bits per heavy atom. The lowest BCUT2D eigenvalue weighted by molar-refractivity contribution is 0.445. The SMILES string of the molecule is CCCC(CC)CNC.[HH]. The summed E-state index contributed by atoms with van der Waals surface area (Å²) in [7, 11) is 2.03. The molecule has 1 nitrogen and oxygen atoms in total. The van der Waals surface area contributed by atoms with E-state index in [0.29, 0.717) is 0 Å². The van der Waals surface area contributed by atoms with Gasteiger partial charge in [-0.1, -0.05) is 26.7 Å². The average molecular weight is 131 g/mol. The molecule has 0 saturated heterocycles. The zero-order chi connectivity index (χ0) is 7.11. The Kier molecular flexibility index (Phi) is 6.06. The second kappa shape index (κ2) is 6.09. The summed E-state index contributed by atoms with van der Waals surface area (Å²) in [6.07, 6.45) is 4.01. The van der Waals surface area contributed by atoms with Crippen LogP contribution in [0.2, 0.25) is 0 Å². The smallest absolute Gasteiger partial charge is 0 e. The molecule has 9 heavy (non-hydrogen) atoms. The number of rotatable bonds is 5. The standard InChI is InChI=1S/C8H19N.H2/c1-4-6-8(5-2)7-9-3;/h8-9H,4-7H2,1-3H3;1H. The van der Waals surface area contributed by atoms with Gasteiger partial charge in [0.1, 0.15) is 0 Å². The van der Waals surface area contributed by atoms with Gasteiger partial charge in [-0.05, 0) is 25.9 Å². The largest absolute Gasteiger partial charge is 0.319 e. The van der Waals surface area contributed by atoms with E-state index < -0.39 is 0 Å².